The van der Waals surface area contributed by atoms with Crippen molar-refractivity contribution < 1.29 is 9.21 Å². The van der Waals surface area contributed by atoms with Crippen LogP contribution in [0.15, 0.2) is 42.6 Å². The maximum atomic E-state index is 5.88. The standard InChI is InChI=1S/C11H7BBr2INO/c13-12(14)9-7-8(15)4-5-10(9)17-11-3-1-2-6-16(11)12/h1-7H. The summed E-state index contributed by atoms with van der Waals surface area (Å²) in [5.41, 5.74) is 1.13. The molecule has 0 spiro atoms. The number of hydrogen-bond donors (Lipinski definition) is 0. The van der Waals surface area contributed by atoms with Crippen molar-refractivity contribution in [1.82, 2.24) is 0 Å². The van der Waals surface area contributed by atoms with E-state index in [0.717, 1.165) is 17.1 Å². The zero-order valence-electron chi connectivity index (χ0n) is 8.61. The second-order valence-corrected chi connectivity index (χ2v) is 8.98. The molecule has 0 unspecified atom stereocenters. The molecule has 1 aliphatic heterocycles. The molecule has 0 aliphatic carbocycles. The lowest BCUT2D eigenvalue weighted by Gasteiger charge is -2.31. The van der Waals surface area contributed by atoms with Gasteiger partial charge in [0, 0.05) is 9.64 Å². The highest BCUT2D eigenvalue weighted by molar-refractivity contribution is 14.1. The van der Waals surface area contributed by atoms with Crippen molar-refractivity contribution in [2.24, 2.45) is 0 Å². The molecule has 86 valence electrons. The monoisotopic (exact) mass is 465 g/mol. The molecule has 0 bridgehead atoms. The Bertz CT molecular complexity index is 606. The van der Waals surface area contributed by atoms with Gasteiger partial charge in [0.15, 0.2) is 0 Å². The van der Waals surface area contributed by atoms with Crippen molar-refractivity contribution in [2.45, 2.75) is 0 Å². The quantitative estimate of drug-likeness (QED) is 0.429. The van der Waals surface area contributed by atoms with E-state index >= 15 is 0 Å². The summed E-state index contributed by atoms with van der Waals surface area (Å²) in [5, 5.41) is 0. The van der Waals surface area contributed by atoms with Crippen LogP contribution in [-0.4, -0.2) is 3.93 Å². The third kappa shape index (κ3) is 1.94. The van der Waals surface area contributed by atoms with Gasteiger partial charge in [0.05, 0.1) is 0 Å². The number of rotatable bonds is 0. The molecule has 0 radical (unpaired) electrons. The summed E-state index contributed by atoms with van der Waals surface area (Å²) in [7, 11) is 0. The molecule has 0 saturated carbocycles. The number of nitrogens with zero attached hydrogens (tertiary/aromatic N) is 1. The molecule has 2 aromatic rings. The van der Waals surface area contributed by atoms with Crippen molar-refractivity contribution in [3.63, 3.8) is 0 Å². The molecule has 0 fully saturated rings. The summed E-state index contributed by atoms with van der Waals surface area (Å²) >= 11 is 9.87. The average molecular weight is 467 g/mol. The van der Waals surface area contributed by atoms with Crippen LogP contribution < -0.4 is 14.7 Å². The van der Waals surface area contributed by atoms with E-state index in [1.54, 1.807) is 0 Å². The van der Waals surface area contributed by atoms with E-state index in [4.69, 9.17) is 4.74 Å². The van der Waals surface area contributed by atoms with E-state index in [1.165, 1.54) is 3.57 Å². The summed E-state index contributed by atoms with van der Waals surface area (Å²) in [5.74, 6) is 1.72. The number of halogens is 3. The molecule has 2 nitrogen and oxygen atoms in total. The highest BCUT2D eigenvalue weighted by Gasteiger charge is 2.40. The summed E-state index contributed by atoms with van der Waals surface area (Å²) in [6.45, 7) is 0. The predicted molar refractivity (Wildman–Crippen MR) is 84.5 cm³/mol. The Kier molecular flexibility index (Phi) is 2.99. The molecule has 0 amide bonds. The highest BCUT2D eigenvalue weighted by atomic mass is 127. The van der Waals surface area contributed by atoms with Crippen LogP contribution in [0.25, 0.3) is 0 Å². The molecule has 6 heteroatoms. The van der Waals surface area contributed by atoms with Crippen LogP contribution in [0, 0.1) is 3.57 Å². The summed E-state index contributed by atoms with van der Waals surface area (Å²) in [4.78, 5) is 0. The Morgan fingerprint density at radius 1 is 1.18 bits per heavy atom. The van der Waals surface area contributed by atoms with Crippen molar-refractivity contribution in [1.29, 1.82) is 0 Å². The first-order valence-corrected chi connectivity index (χ1v) is 8.00. The van der Waals surface area contributed by atoms with Crippen LogP contribution in [0.3, 0.4) is 0 Å². The smallest absolute Gasteiger partial charge is 0.412 e. The van der Waals surface area contributed by atoms with Gasteiger partial charge in [-0.05, 0) is 46.9 Å². The first-order valence-electron chi connectivity index (χ1n) is 5.09. The Morgan fingerprint density at radius 2 is 2.00 bits per heavy atom. The average Bonchev–Trinajstić information content (AvgIpc) is 2.31. The summed E-state index contributed by atoms with van der Waals surface area (Å²) in [6.07, 6.45) is 2.00. The largest absolute Gasteiger partial charge is 0.432 e. The van der Waals surface area contributed by atoms with Crippen LogP contribution in [0.4, 0.5) is 0 Å². The van der Waals surface area contributed by atoms with E-state index in [0.29, 0.717) is 0 Å². The van der Waals surface area contributed by atoms with Crippen molar-refractivity contribution >= 4 is 63.5 Å². The van der Waals surface area contributed by atoms with Crippen LogP contribution in [0.5, 0.6) is 11.6 Å². The minimum Gasteiger partial charge on any atom is -0.412 e. The van der Waals surface area contributed by atoms with Gasteiger partial charge in [-0.2, -0.15) is 0 Å². The first-order chi connectivity index (χ1) is 8.09. The molecule has 1 aromatic heterocycles. The van der Waals surface area contributed by atoms with Crippen molar-refractivity contribution in [3.05, 3.63) is 46.2 Å². The van der Waals surface area contributed by atoms with Crippen LogP contribution in [0.1, 0.15) is 0 Å². The molecule has 0 atom stereocenters. The third-order valence-corrected chi connectivity index (χ3v) is 5.30. The Morgan fingerprint density at radius 3 is 2.82 bits per heavy atom. The molecule has 3 rings (SSSR count). The molecular formula is C11H7BBr2INO. The fourth-order valence-corrected chi connectivity index (χ4v) is 3.85. The molecule has 0 N–H and O–H groups in total. The lowest BCUT2D eigenvalue weighted by atomic mass is 9.79. The molecule has 1 aromatic carbocycles. The molecule has 0 saturated heterocycles. The zero-order chi connectivity index (χ0) is 12.0. The van der Waals surface area contributed by atoms with Crippen LogP contribution >= 0.6 is 54.1 Å². The van der Waals surface area contributed by atoms with Gasteiger partial charge in [-0.3, -0.25) is 0 Å². The number of hydrogen-bond acceptors (Lipinski definition) is 1. The third-order valence-electron chi connectivity index (χ3n) is 2.76. The summed E-state index contributed by atoms with van der Waals surface area (Å²) < 4.78 is 7.97. The SMILES string of the molecule is Br[B-]1(Br)c2cc(I)ccc2Oc2cccc[n+]21. The van der Waals surface area contributed by atoms with E-state index in [-0.39, 0.29) is 0 Å². The zero-order valence-corrected chi connectivity index (χ0v) is 13.9. The van der Waals surface area contributed by atoms with Crippen molar-refractivity contribution in [2.75, 3.05) is 0 Å². The van der Waals surface area contributed by atoms with Crippen molar-refractivity contribution in [3.8, 4) is 11.6 Å². The fourth-order valence-electron chi connectivity index (χ4n) is 1.94. The van der Waals surface area contributed by atoms with Gasteiger partial charge >= 0.3 is 9.81 Å². The number of aromatic nitrogens is 1. The van der Waals surface area contributed by atoms with Gasteiger partial charge < -0.3 is 9.21 Å². The van der Waals surface area contributed by atoms with E-state index in [1.807, 2.05) is 36.5 Å². The Balaban J connectivity index is 2.27. The maximum Gasteiger partial charge on any atom is 0.432 e. The van der Waals surface area contributed by atoms with E-state index in [9.17, 15) is 0 Å². The van der Waals surface area contributed by atoms with Gasteiger partial charge in [-0.1, -0.05) is 11.5 Å². The Hall–Kier alpha value is -0.0751. The lowest BCUT2D eigenvalue weighted by molar-refractivity contribution is -0.542. The first kappa shape index (κ1) is 12.0. The second kappa shape index (κ2) is 4.24. The number of benzene rings is 1. The second-order valence-electron chi connectivity index (χ2n) is 3.86. The normalized spacial score (nSPS) is 15.7. The van der Waals surface area contributed by atoms with E-state index < -0.39 is 3.93 Å². The highest BCUT2D eigenvalue weighted by Crippen LogP contribution is 2.31. The summed E-state index contributed by atoms with van der Waals surface area (Å²) in [6, 6.07) is 12.1. The lowest BCUT2D eigenvalue weighted by Crippen LogP contribution is -2.66. The van der Waals surface area contributed by atoms with Gasteiger partial charge in [0.1, 0.15) is 11.9 Å². The fraction of sp³-hybridized carbons (Fsp3) is 0. The molecular weight excluding hydrogens is 460 g/mol. The Labute approximate surface area is 129 Å². The number of pyridine rings is 1. The van der Waals surface area contributed by atoms with Crippen LogP contribution in [-0.2, 0) is 0 Å². The van der Waals surface area contributed by atoms with Gasteiger partial charge in [-0.25, -0.2) is 31.5 Å². The molecule has 1 aliphatic rings. The van der Waals surface area contributed by atoms with Gasteiger partial charge in [0.2, 0.25) is 0 Å². The van der Waals surface area contributed by atoms with Crippen LogP contribution in [0.2, 0.25) is 0 Å². The number of fused-ring (bicyclic) bond motifs is 2. The van der Waals surface area contributed by atoms with Gasteiger partial charge in [-0.15, -0.1) is 0 Å². The maximum absolute atomic E-state index is 5.88. The topological polar surface area (TPSA) is 13.1 Å². The minimum atomic E-state index is -1.17. The van der Waals surface area contributed by atoms with E-state index in [2.05, 4.69) is 64.6 Å². The predicted octanol–water partition coefficient (Wildman–Crippen LogP) is 3.17. The molecule has 2 heterocycles. The number of ether oxygens (including phenoxy) is 1. The minimum absolute atomic E-state index is 0.829. The van der Waals surface area contributed by atoms with Gasteiger partial charge in [0.25, 0.3) is 0 Å². The molecule has 17 heavy (non-hydrogen) atoms.